The maximum atomic E-state index is 5.48. The molecule has 3 nitrogen and oxygen atoms in total. The number of aromatic nitrogens is 1. The summed E-state index contributed by atoms with van der Waals surface area (Å²) in [6, 6.07) is 60.7. The van der Waals surface area contributed by atoms with Crippen LogP contribution in [0.3, 0.4) is 0 Å². The molecule has 0 atom stereocenters. The molecule has 0 radical (unpaired) electrons. The Bertz CT molecular complexity index is 3020. The highest BCUT2D eigenvalue weighted by Crippen LogP contribution is 2.38. The topological polar surface area (TPSA) is 37.6 Å². The highest BCUT2D eigenvalue weighted by atomic mass is 14.9. The maximum Gasteiger partial charge on any atom is 0.160 e. The zero-order valence-electron chi connectivity index (χ0n) is 30.6. The summed E-state index contributed by atoms with van der Waals surface area (Å²) in [5, 5.41) is 9.69. The normalized spacial score (nSPS) is 14.9. The minimum atomic E-state index is 0.703. The van der Waals surface area contributed by atoms with E-state index >= 15 is 0 Å². The van der Waals surface area contributed by atoms with E-state index in [0.717, 1.165) is 57.5 Å². The molecule has 10 rings (SSSR count). The third kappa shape index (κ3) is 6.10. The fourth-order valence-electron chi connectivity index (χ4n) is 8.12. The van der Waals surface area contributed by atoms with Crippen LogP contribution in [0.25, 0.3) is 71.0 Å². The lowest BCUT2D eigenvalue weighted by Gasteiger charge is -2.17. The average Bonchev–Trinajstić information content (AvgIpc) is 3.25. The lowest BCUT2D eigenvalue weighted by Crippen LogP contribution is -2.11. The van der Waals surface area contributed by atoms with Crippen molar-refractivity contribution in [1.82, 2.24) is 4.98 Å². The summed E-state index contributed by atoms with van der Waals surface area (Å²) in [4.78, 5) is 15.7. The molecule has 55 heavy (non-hydrogen) atoms. The first-order chi connectivity index (χ1) is 27.2. The summed E-state index contributed by atoms with van der Waals surface area (Å²) in [6.45, 7) is 2.22. The second kappa shape index (κ2) is 13.8. The van der Waals surface area contributed by atoms with E-state index in [1.807, 2.05) is 12.4 Å². The standard InChI is InChI=1S/C52H37N3/c1-34-18-29-48(43-27-21-36-12-5-6-14-41(36)30-43)54-52(55-51(34)40-25-19-37(20-26-40)35-10-3-2-4-11-35)44-16-9-15-42(31-44)47-33-53-32-45-28-24-39-23-22-38-13-7-8-17-46(38)49(39)50(45)47/h2-17,19-28,30-33H,18,29H2,1H3/b51-34+,54-48?,55-52?. The van der Waals surface area contributed by atoms with Crippen LogP contribution in [0, 0.1) is 0 Å². The number of fused-ring (bicyclic) bond motifs is 6. The first kappa shape index (κ1) is 32.7. The first-order valence-corrected chi connectivity index (χ1v) is 19.0. The molecule has 2 heterocycles. The van der Waals surface area contributed by atoms with E-state index in [4.69, 9.17) is 15.0 Å². The number of amidine groups is 1. The van der Waals surface area contributed by atoms with Crippen LogP contribution in [0.5, 0.6) is 0 Å². The Morgan fingerprint density at radius 3 is 1.89 bits per heavy atom. The van der Waals surface area contributed by atoms with Crippen molar-refractivity contribution in [3.8, 4) is 22.3 Å². The molecule has 0 unspecified atom stereocenters. The Balaban J connectivity index is 1.15. The van der Waals surface area contributed by atoms with Crippen molar-refractivity contribution in [3.63, 3.8) is 0 Å². The molecule has 9 aromatic rings. The summed E-state index contributed by atoms with van der Waals surface area (Å²) in [6.07, 6.45) is 5.66. The Hall–Kier alpha value is -6.97. The van der Waals surface area contributed by atoms with Gasteiger partial charge in [0.2, 0.25) is 0 Å². The van der Waals surface area contributed by atoms with Gasteiger partial charge in [-0.2, -0.15) is 0 Å². The maximum absolute atomic E-state index is 5.48. The van der Waals surface area contributed by atoms with Crippen molar-refractivity contribution < 1.29 is 0 Å². The van der Waals surface area contributed by atoms with Gasteiger partial charge in [0.05, 0.1) is 11.4 Å². The van der Waals surface area contributed by atoms with E-state index in [1.54, 1.807) is 0 Å². The molecule has 1 aliphatic heterocycles. The van der Waals surface area contributed by atoms with E-state index in [2.05, 4.69) is 177 Å². The minimum absolute atomic E-state index is 0.703. The number of aliphatic imine (C=N–C) groups is 2. The summed E-state index contributed by atoms with van der Waals surface area (Å²) in [7, 11) is 0. The van der Waals surface area contributed by atoms with E-state index in [9.17, 15) is 0 Å². The van der Waals surface area contributed by atoms with E-state index in [0.29, 0.717) is 5.84 Å². The molecular weight excluding hydrogens is 667 g/mol. The van der Waals surface area contributed by atoms with Crippen molar-refractivity contribution >= 4 is 60.3 Å². The van der Waals surface area contributed by atoms with Gasteiger partial charge in [0.15, 0.2) is 5.84 Å². The van der Waals surface area contributed by atoms with Crippen molar-refractivity contribution in [2.24, 2.45) is 9.98 Å². The van der Waals surface area contributed by atoms with E-state index < -0.39 is 0 Å². The van der Waals surface area contributed by atoms with Crippen LogP contribution in [0.15, 0.2) is 198 Å². The van der Waals surface area contributed by atoms with Gasteiger partial charge in [-0.05, 0) is 92.0 Å². The second-order valence-electron chi connectivity index (χ2n) is 14.4. The molecule has 0 amide bonds. The van der Waals surface area contributed by atoms with Crippen LogP contribution in [0.1, 0.15) is 36.5 Å². The zero-order valence-corrected chi connectivity index (χ0v) is 30.6. The highest BCUT2D eigenvalue weighted by molar-refractivity contribution is 6.24. The van der Waals surface area contributed by atoms with Crippen LogP contribution >= 0.6 is 0 Å². The van der Waals surface area contributed by atoms with Crippen molar-refractivity contribution in [1.29, 1.82) is 0 Å². The molecule has 0 spiro atoms. The molecule has 0 N–H and O–H groups in total. The molecule has 0 bridgehead atoms. The number of rotatable bonds is 5. The quantitative estimate of drug-likeness (QED) is 0.164. The average molecular weight is 704 g/mol. The largest absolute Gasteiger partial charge is 0.263 e. The molecule has 0 saturated heterocycles. The zero-order chi connectivity index (χ0) is 36.7. The molecule has 0 saturated carbocycles. The number of nitrogens with zero attached hydrogens (tertiary/aromatic N) is 3. The Kier molecular flexibility index (Phi) is 8.18. The predicted octanol–water partition coefficient (Wildman–Crippen LogP) is 13.5. The lowest BCUT2D eigenvalue weighted by molar-refractivity contribution is 1.00. The summed E-state index contributed by atoms with van der Waals surface area (Å²) in [5.74, 6) is 0.703. The van der Waals surface area contributed by atoms with Gasteiger partial charge in [-0.15, -0.1) is 0 Å². The molecule has 0 aliphatic carbocycles. The summed E-state index contributed by atoms with van der Waals surface area (Å²) < 4.78 is 0. The second-order valence-corrected chi connectivity index (χ2v) is 14.4. The summed E-state index contributed by atoms with van der Waals surface area (Å²) >= 11 is 0. The highest BCUT2D eigenvalue weighted by Gasteiger charge is 2.18. The smallest absolute Gasteiger partial charge is 0.160 e. The number of pyridine rings is 1. The predicted molar refractivity (Wildman–Crippen MR) is 233 cm³/mol. The van der Waals surface area contributed by atoms with Gasteiger partial charge in [0, 0.05) is 39.9 Å². The SMILES string of the molecule is C/C1=C(/c2ccc(-c3ccccc3)cc2)N=C(c2cccc(-c3cncc4ccc5ccc6ccccc6c5c34)c2)N=C(c2ccc3ccccc3c2)CC1. The number of allylic oxidation sites excluding steroid dienone is 1. The van der Waals surface area contributed by atoms with Crippen LogP contribution in [-0.4, -0.2) is 16.5 Å². The third-order valence-electron chi connectivity index (χ3n) is 11.0. The Labute approximate surface area is 320 Å². The Morgan fingerprint density at radius 1 is 0.400 bits per heavy atom. The molecule has 0 fully saturated rings. The van der Waals surface area contributed by atoms with Crippen molar-refractivity contribution in [3.05, 3.63) is 205 Å². The Morgan fingerprint density at radius 2 is 1.04 bits per heavy atom. The third-order valence-corrected chi connectivity index (χ3v) is 11.0. The molecule has 3 heteroatoms. The van der Waals surface area contributed by atoms with Gasteiger partial charge in [-0.25, -0.2) is 9.98 Å². The van der Waals surface area contributed by atoms with E-state index in [-0.39, 0.29) is 0 Å². The number of hydrogen-bond acceptors (Lipinski definition) is 3. The first-order valence-electron chi connectivity index (χ1n) is 19.0. The lowest BCUT2D eigenvalue weighted by atomic mass is 9.92. The van der Waals surface area contributed by atoms with Crippen LogP contribution < -0.4 is 0 Å². The van der Waals surface area contributed by atoms with Gasteiger partial charge in [0.25, 0.3) is 0 Å². The van der Waals surface area contributed by atoms with Crippen LogP contribution in [0.2, 0.25) is 0 Å². The van der Waals surface area contributed by atoms with Gasteiger partial charge < -0.3 is 0 Å². The molecular formula is C52H37N3. The number of hydrogen-bond donors (Lipinski definition) is 0. The van der Waals surface area contributed by atoms with Crippen LogP contribution in [-0.2, 0) is 0 Å². The fourth-order valence-corrected chi connectivity index (χ4v) is 8.12. The van der Waals surface area contributed by atoms with Crippen molar-refractivity contribution in [2.45, 2.75) is 19.8 Å². The number of benzene rings is 8. The van der Waals surface area contributed by atoms with Gasteiger partial charge in [-0.3, -0.25) is 4.98 Å². The van der Waals surface area contributed by atoms with Gasteiger partial charge in [0.1, 0.15) is 0 Å². The molecule has 8 aromatic carbocycles. The molecule has 1 aromatic heterocycles. The molecule has 1 aliphatic rings. The van der Waals surface area contributed by atoms with E-state index in [1.165, 1.54) is 54.4 Å². The van der Waals surface area contributed by atoms with Gasteiger partial charge in [-0.1, -0.05) is 158 Å². The van der Waals surface area contributed by atoms with Gasteiger partial charge >= 0.3 is 0 Å². The summed E-state index contributed by atoms with van der Waals surface area (Å²) in [5.41, 5.74) is 11.0. The fraction of sp³-hybridized carbons (Fsp3) is 0.0577. The monoisotopic (exact) mass is 703 g/mol. The van der Waals surface area contributed by atoms with Crippen molar-refractivity contribution in [2.75, 3.05) is 0 Å². The van der Waals surface area contributed by atoms with Crippen LogP contribution in [0.4, 0.5) is 0 Å². The minimum Gasteiger partial charge on any atom is -0.263 e. The molecule has 260 valence electrons.